The first-order chi connectivity index (χ1) is 8.65. The van der Waals surface area contributed by atoms with E-state index in [1.54, 1.807) is 12.1 Å². The second-order valence-electron chi connectivity index (χ2n) is 4.10. The third-order valence-corrected chi connectivity index (χ3v) is 2.63. The molecule has 1 N–H and O–H groups in total. The highest BCUT2D eigenvalue weighted by atomic mass is 16.5. The van der Waals surface area contributed by atoms with E-state index in [9.17, 15) is 4.79 Å². The van der Waals surface area contributed by atoms with Crippen LogP contribution in [0.2, 0.25) is 0 Å². The number of hydrogen-bond donors (Lipinski definition) is 1. The zero-order valence-corrected chi connectivity index (χ0v) is 10.1. The van der Waals surface area contributed by atoms with E-state index in [1.807, 2.05) is 31.2 Å². The minimum atomic E-state index is -0.930. The molecule has 0 unspecified atom stereocenters. The van der Waals surface area contributed by atoms with E-state index < -0.39 is 5.97 Å². The Labute approximate surface area is 106 Å². The van der Waals surface area contributed by atoms with Gasteiger partial charge in [-0.3, -0.25) is 0 Å². The van der Waals surface area contributed by atoms with Crippen LogP contribution in [0.1, 0.15) is 21.5 Å². The molecular formula is C15H14O3. The number of carboxylic acid groups (broad SMARTS) is 1. The Balaban J connectivity index is 1.97. The first-order valence-corrected chi connectivity index (χ1v) is 5.67. The van der Waals surface area contributed by atoms with Crippen LogP contribution in [0.4, 0.5) is 0 Å². The second-order valence-corrected chi connectivity index (χ2v) is 4.10. The van der Waals surface area contributed by atoms with Crippen molar-refractivity contribution in [1.82, 2.24) is 0 Å². The Morgan fingerprint density at radius 3 is 2.22 bits per heavy atom. The number of benzene rings is 2. The maximum atomic E-state index is 10.7. The number of carboxylic acids is 1. The summed E-state index contributed by atoms with van der Waals surface area (Å²) in [6, 6.07) is 14.5. The number of aryl methyl sites for hydroxylation is 1. The van der Waals surface area contributed by atoms with Gasteiger partial charge < -0.3 is 9.84 Å². The molecule has 0 bridgehead atoms. The third-order valence-electron chi connectivity index (χ3n) is 2.63. The molecule has 0 heterocycles. The quantitative estimate of drug-likeness (QED) is 0.895. The molecule has 2 aromatic carbocycles. The Morgan fingerprint density at radius 1 is 1.06 bits per heavy atom. The van der Waals surface area contributed by atoms with Gasteiger partial charge in [0.2, 0.25) is 0 Å². The fourth-order valence-electron chi connectivity index (χ4n) is 1.54. The zero-order chi connectivity index (χ0) is 13.0. The molecule has 0 atom stereocenters. The van der Waals surface area contributed by atoms with Crippen molar-refractivity contribution in [3.05, 3.63) is 65.2 Å². The van der Waals surface area contributed by atoms with Crippen LogP contribution in [0.25, 0.3) is 0 Å². The number of carbonyl (C=O) groups is 1. The topological polar surface area (TPSA) is 46.5 Å². The molecular weight excluding hydrogens is 228 g/mol. The van der Waals surface area contributed by atoms with Crippen molar-refractivity contribution in [2.75, 3.05) is 0 Å². The smallest absolute Gasteiger partial charge is 0.335 e. The van der Waals surface area contributed by atoms with E-state index in [0.717, 1.165) is 5.56 Å². The summed E-state index contributed by atoms with van der Waals surface area (Å²) in [6.45, 7) is 2.52. The average Bonchev–Trinajstić information content (AvgIpc) is 2.38. The fraction of sp³-hybridized carbons (Fsp3) is 0.133. The molecule has 0 aromatic heterocycles. The molecule has 92 valence electrons. The van der Waals surface area contributed by atoms with Gasteiger partial charge in [-0.1, -0.05) is 29.8 Å². The zero-order valence-electron chi connectivity index (χ0n) is 10.1. The third kappa shape index (κ3) is 3.10. The van der Waals surface area contributed by atoms with Crippen molar-refractivity contribution >= 4 is 5.97 Å². The second kappa shape index (κ2) is 5.36. The van der Waals surface area contributed by atoms with Crippen LogP contribution in [0.3, 0.4) is 0 Å². The van der Waals surface area contributed by atoms with Gasteiger partial charge in [0.25, 0.3) is 0 Å². The number of aromatic carboxylic acids is 1. The SMILES string of the molecule is Cc1ccc(COc2ccc(C(=O)O)cc2)cc1. The highest BCUT2D eigenvalue weighted by Gasteiger charge is 2.02. The average molecular weight is 242 g/mol. The lowest BCUT2D eigenvalue weighted by atomic mass is 10.2. The van der Waals surface area contributed by atoms with Gasteiger partial charge in [0.15, 0.2) is 0 Å². The fourth-order valence-corrected chi connectivity index (χ4v) is 1.54. The van der Waals surface area contributed by atoms with Crippen LogP contribution in [0.15, 0.2) is 48.5 Å². The molecule has 18 heavy (non-hydrogen) atoms. The van der Waals surface area contributed by atoms with Crippen LogP contribution in [0, 0.1) is 6.92 Å². The van der Waals surface area contributed by atoms with Crippen molar-refractivity contribution < 1.29 is 14.6 Å². The van der Waals surface area contributed by atoms with E-state index >= 15 is 0 Å². The number of ether oxygens (including phenoxy) is 1. The minimum Gasteiger partial charge on any atom is -0.489 e. The summed E-state index contributed by atoms with van der Waals surface area (Å²) in [5.41, 5.74) is 2.56. The lowest BCUT2D eigenvalue weighted by Crippen LogP contribution is -1.98. The molecule has 0 saturated carbocycles. The van der Waals surface area contributed by atoms with E-state index in [1.165, 1.54) is 17.7 Å². The van der Waals surface area contributed by atoms with Gasteiger partial charge in [-0.2, -0.15) is 0 Å². The van der Waals surface area contributed by atoms with E-state index in [2.05, 4.69) is 0 Å². The molecule has 0 aliphatic carbocycles. The lowest BCUT2D eigenvalue weighted by Gasteiger charge is -2.06. The molecule has 2 rings (SSSR count). The van der Waals surface area contributed by atoms with Crippen LogP contribution in [-0.4, -0.2) is 11.1 Å². The maximum absolute atomic E-state index is 10.7. The van der Waals surface area contributed by atoms with Gasteiger partial charge in [0, 0.05) is 0 Å². The van der Waals surface area contributed by atoms with Gasteiger partial charge in [0.1, 0.15) is 12.4 Å². The van der Waals surface area contributed by atoms with Gasteiger partial charge in [0.05, 0.1) is 5.56 Å². The number of hydrogen-bond acceptors (Lipinski definition) is 2. The monoisotopic (exact) mass is 242 g/mol. The summed E-state index contributed by atoms with van der Waals surface area (Å²) < 4.78 is 5.57. The van der Waals surface area contributed by atoms with Crippen molar-refractivity contribution in [1.29, 1.82) is 0 Å². The van der Waals surface area contributed by atoms with Crippen LogP contribution in [0.5, 0.6) is 5.75 Å². The predicted molar refractivity (Wildman–Crippen MR) is 68.9 cm³/mol. The van der Waals surface area contributed by atoms with E-state index in [0.29, 0.717) is 12.4 Å². The summed E-state index contributed by atoms with van der Waals surface area (Å²) in [6.07, 6.45) is 0. The van der Waals surface area contributed by atoms with Gasteiger partial charge in [-0.25, -0.2) is 4.79 Å². The summed E-state index contributed by atoms with van der Waals surface area (Å²) >= 11 is 0. The summed E-state index contributed by atoms with van der Waals surface area (Å²) in [5, 5.41) is 8.77. The molecule has 0 amide bonds. The predicted octanol–water partition coefficient (Wildman–Crippen LogP) is 3.27. The highest BCUT2D eigenvalue weighted by molar-refractivity contribution is 5.87. The number of rotatable bonds is 4. The summed E-state index contributed by atoms with van der Waals surface area (Å²) in [7, 11) is 0. The van der Waals surface area contributed by atoms with Crippen LogP contribution < -0.4 is 4.74 Å². The van der Waals surface area contributed by atoms with Gasteiger partial charge in [-0.15, -0.1) is 0 Å². The summed E-state index contributed by atoms with van der Waals surface area (Å²) in [5.74, 6) is -0.263. The Kier molecular flexibility index (Phi) is 3.63. The Bertz CT molecular complexity index is 527. The Morgan fingerprint density at radius 2 is 1.67 bits per heavy atom. The molecule has 2 aromatic rings. The lowest BCUT2D eigenvalue weighted by molar-refractivity contribution is 0.0697. The molecule has 0 saturated heterocycles. The molecule has 0 radical (unpaired) electrons. The first kappa shape index (κ1) is 12.2. The minimum absolute atomic E-state index is 0.262. The summed E-state index contributed by atoms with van der Waals surface area (Å²) in [4.78, 5) is 10.7. The van der Waals surface area contributed by atoms with Crippen LogP contribution >= 0.6 is 0 Å². The first-order valence-electron chi connectivity index (χ1n) is 5.67. The van der Waals surface area contributed by atoms with Crippen molar-refractivity contribution in [2.24, 2.45) is 0 Å². The van der Waals surface area contributed by atoms with Crippen molar-refractivity contribution in [3.8, 4) is 5.75 Å². The molecule has 0 fully saturated rings. The molecule has 0 aliphatic rings. The highest BCUT2D eigenvalue weighted by Crippen LogP contribution is 2.14. The Hall–Kier alpha value is -2.29. The van der Waals surface area contributed by atoms with Gasteiger partial charge >= 0.3 is 5.97 Å². The van der Waals surface area contributed by atoms with E-state index in [-0.39, 0.29) is 5.56 Å². The van der Waals surface area contributed by atoms with Crippen molar-refractivity contribution in [3.63, 3.8) is 0 Å². The normalized spacial score (nSPS) is 10.1. The molecule has 3 nitrogen and oxygen atoms in total. The van der Waals surface area contributed by atoms with E-state index in [4.69, 9.17) is 9.84 Å². The largest absolute Gasteiger partial charge is 0.489 e. The standard InChI is InChI=1S/C15H14O3/c1-11-2-4-12(5-3-11)10-18-14-8-6-13(7-9-14)15(16)17/h2-9H,10H2,1H3,(H,16,17). The maximum Gasteiger partial charge on any atom is 0.335 e. The van der Waals surface area contributed by atoms with Crippen LogP contribution in [-0.2, 0) is 6.61 Å². The molecule has 0 aliphatic heterocycles. The molecule has 3 heteroatoms. The molecule has 0 spiro atoms. The van der Waals surface area contributed by atoms with Gasteiger partial charge in [-0.05, 0) is 36.8 Å². The van der Waals surface area contributed by atoms with Crippen molar-refractivity contribution in [2.45, 2.75) is 13.5 Å².